The number of alkyl halides is 2. The van der Waals surface area contributed by atoms with Crippen molar-refractivity contribution < 1.29 is 18.3 Å². The molecule has 22 heavy (non-hydrogen) atoms. The second-order valence-electron chi connectivity index (χ2n) is 4.96. The lowest BCUT2D eigenvalue weighted by molar-refractivity contribution is -0.116. The van der Waals surface area contributed by atoms with Crippen LogP contribution in [0.25, 0.3) is 0 Å². The largest absolute Gasteiger partial charge is 0.433 e. The van der Waals surface area contributed by atoms with Crippen LogP contribution in [0, 0.1) is 13.8 Å². The summed E-state index contributed by atoms with van der Waals surface area (Å²) in [6.07, 6.45) is 3.71. The van der Waals surface area contributed by atoms with Crippen molar-refractivity contribution in [2.45, 2.75) is 33.4 Å². The van der Waals surface area contributed by atoms with Crippen LogP contribution in [-0.4, -0.2) is 22.3 Å². The molecular weight excluding hydrogens is 292 g/mol. The summed E-state index contributed by atoms with van der Waals surface area (Å²) in [5, 5.41) is 6.66. The highest BCUT2D eigenvalue weighted by molar-refractivity contribution is 5.92. The fraction of sp³-hybridized carbons (Fsp3) is 0.333. The highest BCUT2D eigenvalue weighted by Crippen LogP contribution is 2.27. The van der Waals surface area contributed by atoms with Gasteiger partial charge in [-0.1, -0.05) is 6.07 Å². The first-order valence-corrected chi connectivity index (χ1v) is 6.78. The maximum Gasteiger partial charge on any atom is 0.387 e. The van der Waals surface area contributed by atoms with E-state index in [-0.39, 0.29) is 23.8 Å². The molecule has 0 saturated heterocycles. The lowest BCUT2D eigenvalue weighted by Crippen LogP contribution is -2.16. The second-order valence-corrected chi connectivity index (χ2v) is 4.96. The maximum atomic E-state index is 12.4. The number of aromatic nitrogens is 2. The van der Waals surface area contributed by atoms with Crippen LogP contribution >= 0.6 is 0 Å². The smallest absolute Gasteiger partial charge is 0.387 e. The van der Waals surface area contributed by atoms with Crippen molar-refractivity contribution >= 4 is 11.6 Å². The van der Waals surface area contributed by atoms with Crippen molar-refractivity contribution in [3.05, 3.63) is 41.7 Å². The molecule has 0 radical (unpaired) electrons. The number of benzene rings is 1. The fourth-order valence-corrected chi connectivity index (χ4v) is 1.94. The molecule has 1 N–H and O–H groups in total. The molecule has 1 heterocycles. The van der Waals surface area contributed by atoms with Crippen LogP contribution in [0.5, 0.6) is 5.75 Å². The Bertz CT molecular complexity index is 656. The van der Waals surface area contributed by atoms with Crippen LogP contribution in [0.2, 0.25) is 0 Å². The summed E-state index contributed by atoms with van der Waals surface area (Å²) >= 11 is 0. The predicted octanol–water partition coefficient (Wildman–Crippen LogP) is 3.13. The van der Waals surface area contributed by atoms with Crippen LogP contribution < -0.4 is 10.1 Å². The topological polar surface area (TPSA) is 56.2 Å². The van der Waals surface area contributed by atoms with E-state index >= 15 is 0 Å². The van der Waals surface area contributed by atoms with Gasteiger partial charge in [0.05, 0.1) is 11.9 Å². The van der Waals surface area contributed by atoms with Gasteiger partial charge in [0.1, 0.15) is 5.75 Å². The second kappa shape index (κ2) is 7.02. The summed E-state index contributed by atoms with van der Waals surface area (Å²) < 4.78 is 30.9. The number of halogens is 2. The Labute approximate surface area is 126 Å². The van der Waals surface area contributed by atoms with Crippen LogP contribution in [0.4, 0.5) is 14.5 Å². The van der Waals surface area contributed by atoms with E-state index in [0.29, 0.717) is 6.54 Å². The van der Waals surface area contributed by atoms with Crippen molar-refractivity contribution in [1.82, 2.24) is 9.78 Å². The zero-order valence-electron chi connectivity index (χ0n) is 12.3. The SMILES string of the molecule is Cc1ccc(NC(=O)CCn2cc(C)cn2)c(OC(F)F)c1. The summed E-state index contributed by atoms with van der Waals surface area (Å²) in [5.74, 6) is -0.339. The van der Waals surface area contributed by atoms with Crippen molar-refractivity contribution in [2.24, 2.45) is 0 Å². The van der Waals surface area contributed by atoms with Crippen LogP contribution in [0.3, 0.4) is 0 Å². The molecule has 0 bridgehead atoms. The predicted molar refractivity (Wildman–Crippen MR) is 78.0 cm³/mol. The van der Waals surface area contributed by atoms with Gasteiger partial charge in [0, 0.05) is 19.2 Å². The van der Waals surface area contributed by atoms with E-state index in [1.54, 1.807) is 29.9 Å². The lowest BCUT2D eigenvalue weighted by Gasteiger charge is -2.12. The number of carbonyl (C=O) groups excluding carboxylic acids is 1. The summed E-state index contributed by atoms with van der Waals surface area (Å²) in [6.45, 7) is 1.13. The Morgan fingerprint density at radius 2 is 2.14 bits per heavy atom. The summed E-state index contributed by atoms with van der Waals surface area (Å²) in [5.41, 5.74) is 2.00. The molecule has 1 aromatic carbocycles. The first-order valence-electron chi connectivity index (χ1n) is 6.78. The highest BCUT2D eigenvalue weighted by Gasteiger charge is 2.12. The van der Waals surface area contributed by atoms with Gasteiger partial charge in [-0.3, -0.25) is 9.48 Å². The van der Waals surface area contributed by atoms with Gasteiger partial charge in [-0.05, 0) is 37.1 Å². The molecular formula is C15H17F2N3O2. The van der Waals surface area contributed by atoms with E-state index in [1.165, 1.54) is 6.07 Å². The van der Waals surface area contributed by atoms with Gasteiger partial charge in [-0.2, -0.15) is 13.9 Å². The summed E-state index contributed by atoms with van der Waals surface area (Å²) in [6, 6.07) is 4.71. The zero-order chi connectivity index (χ0) is 16.1. The Morgan fingerprint density at radius 1 is 1.36 bits per heavy atom. The number of nitrogens with one attached hydrogen (secondary N) is 1. The van der Waals surface area contributed by atoms with Crippen LogP contribution in [0.15, 0.2) is 30.6 Å². The van der Waals surface area contributed by atoms with E-state index in [1.807, 2.05) is 13.1 Å². The average Bonchev–Trinajstić information content (AvgIpc) is 2.85. The summed E-state index contributed by atoms with van der Waals surface area (Å²) in [7, 11) is 0. The molecule has 0 atom stereocenters. The van der Waals surface area contributed by atoms with E-state index in [9.17, 15) is 13.6 Å². The number of carbonyl (C=O) groups is 1. The van der Waals surface area contributed by atoms with Gasteiger partial charge in [0.15, 0.2) is 0 Å². The Hall–Kier alpha value is -2.44. The minimum atomic E-state index is -2.94. The molecule has 0 fully saturated rings. The standard InChI is InChI=1S/C15H17F2N3O2/c1-10-3-4-12(13(7-10)22-15(16)17)19-14(21)5-6-20-9-11(2)8-18-20/h3-4,7-9,15H,5-6H2,1-2H3,(H,19,21). The highest BCUT2D eigenvalue weighted by atomic mass is 19.3. The van der Waals surface area contributed by atoms with E-state index in [0.717, 1.165) is 11.1 Å². The van der Waals surface area contributed by atoms with Gasteiger partial charge >= 0.3 is 6.61 Å². The van der Waals surface area contributed by atoms with Crippen molar-refractivity contribution in [1.29, 1.82) is 0 Å². The number of nitrogens with zero attached hydrogens (tertiary/aromatic N) is 2. The van der Waals surface area contributed by atoms with Gasteiger partial charge in [0.25, 0.3) is 0 Å². The zero-order valence-corrected chi connectivity index (χ0v) is 12.3. The number of hydrogen-bond acceptors (Lipinski definition) is 3. The first-order chi connectivity index (χ1) is 10.4. The fourth-order valence-electron chi connectivity index (χ4n) is 1.94. The minimum absolute atomic E-state index is 0.0433. The normalized spacial score (nSPS) is 10.8. The maximum absolute atomic E-state index is 12.4. The molecule has 2 aromatic rings. The molecule has 5 nitrogen and oxygen atoms in total. The van der Waals surface area contributed by atoms with Crippen molar-refractivity contribution in [3.63, 3.8) is 0 Å². The van der Waals surface area contributed by atoms with Gasteiger partial charge in [-0.15, -0.1) is 0 Å². The average molecular weight is 309 g/mol. The molecule has 0 spiro atoms. The molecule has 0 aliphatic rings. The number of hydrogen-bond donors (Lipinski definition) is 1. The molecule has 0 aliphatic heterocycles. The van der Waals surface area contributed by atoms with Gasteiger partial charge in [-0.25, -0.2) is 0 Å². The molecule has 2 rings (SSSR count). The third-order valence-electron chi connectivity index (χ3n) is 2.96. The Balaban J connectivity index is 1.98. The van der Waals surface area contributed by atoms with Crippen molar-refractivity contribution in [2.75, 3.05) is 5.32 Å². The number of ether oxygens (including phenoxy) is 1. The van der Waals surface area contributed by atoms with Gasteiger partial charge in [0.2, 0.25) is 5.91 Å². The summed E-state index contributed by atoms with van der Waals surface area (Å²) in [4.78, 5) is 11.9. The van der Waals surface area contributed by atoms with Crippen LogP contribution in [-0.2, 0) is 11.3 Å². The quantitative estimate of drug-likeness (QED) is 0.892. The first kappa shape index (κ1) is 15.9. The molecule has 0 aliphatic carbocycles. The number of aryl methyl sites for hydroxylation is 3. The van der Waals surface area contributed by atoms with Gasteiger partial charge < -0.3 is 10.1 Å². The Kier molecular flexibility index (Phi) is 5.08. The van der Waals surface area contributed by atoms with E-state index in [2.05, 4.69) is 15.2 Å². The molecule has 0 unspecified atom stereocenters. The molecule has 1 amide bonds. The van der Waals surface area contributed by atoms with Crippen LogP contribution in [0.1, 0.15) is 17.5 Å². The monoisotopic (exact) mass is 309 g/mol. The number of rotatable bonds is 6. The number of amides is 1. The van der Waals surface area contributed by atoms with E-state index < -0.39 is 6.61 Å². The number of anilines is 1. The minimum Gasteiger partial charge on any atom is -0.433 e. The third-order valence-corrected chi connectivity index (χ3v) is 2.96. The molecule has 7 heteroatoms. The molecule has 118 valence electrons. The third kappa shape index (κ3) is 4.54. The molecule has 1 aromatic heterocycles. The van der Waals surface area contributed by atoms with E-state index in [4.69, 9.17) is 0 Å². The molecule has 0 saturated carbocycles. The Morgan fingerprint density at radius 3 is 2.77 bits per heavy atom. The van der Waals surface area contributed by atoms with Crippen molar-refractivity contribution in [3.8, 4) is 5.75 Å². The lowest BCUT2D eigenvalue weighted by atomic mass is 10.2.